The van der Waals surface area contributed by atoms with Crippen molar-refractivity contribution in [3.05, 3.63) is 82.3 Å². The fraction of sp³-hybridized carbons (Fsp3) is 0.320. The number of aromatic nitrogens is 1. The van der Waals surface area contributed by atoms with Crippen molar-refractivity contribution < 1.29 is 9.59 Å². The second kappa shape index (κ2) is 9.22. The average molecular weight is 449 g/mol. The van der Waals surface area contributed by atoms with Crippen LogP contribution in [0.4, 0.5) is 5.69 Å². The summed E-state index contributed by atoms with van der Waals surface area (Å²) in [6, 6.07) is 12.5. The van der Waals surface area contributed by atoms with Gasteiger partial charge in [0, 0.05) is 30.2 Å². The quantitative estimate of drug-likeness (QED) is 0.586. The maximum absolute atomic E-state index is 13.4. The van der Waals surface area contributed by atoms with Crippen LogP contribution in [0.5, 0.6) is 0 Å². The van der Waals surface area contributed by atoms with E-state index in [1.165, 1.54) is 0 Å². The fourth-order valence-corrected chi connectivity index (χ4v) is 5.06. The van der Waals surface area contributed by atoms with Gasteiger partial charge in [0.2, 0.25) is 5.91 Å². The molecular weight excluding hydrogens is 420 g/mol. The SMILES string of the molecule is CC(C)(C(=O)N1CCCC1C(N)c1ccc(C(=O)Nc2ccncc2)cc1)c1ccsc1. The minimum Gasteiger partial charge on any atom is -0.337 e. The van der Waals surface area contributed by atoms with Crippen molar-refractivity contribution in [1.82, 2.24) is 9.88 Å². The molecule has 1 aromatic carbocycles. The van der Waals surface area contributed by atoms with Gasteiger partial charge in [-0.3, -0.25) is 14.6 Å². The van der Waals surface area contributed by atoms with E-state index in [0.29, 0.717) is 11.3 Å². The van der Waals surface area contributed by atoms with E-state index in [9.17, 15) is 9.59 Å². The van der Waals surface area contributed by atoms with Crippen molar-refractivity contribution in [2.24, 2.45) is 5.73 Å². The lowest BCUT2D eigenvalue weighted by molar-refractivity contribution is -0.137. The molecule has 6 nitrogen and oxygen atoms in total. The molecule has 32 heavy (non-hydrogen) atoms. The fourth-order valence-electron chi connectivity index (χ4n) is 4.24. The van der Waals surface area contributed by atoms with Crippen LogP contribution in [0, 0.1) is 0 Å². The largest absolute Gasteiger partial charge is 0.337 e. The topological polar surface area (TPSA) is 88.3 Å². The standard InChI is InChI=1S/C25H28N4O2S/c1-25(2,19-11-15-32-16-19)24(31)29-14-3-4-21(29)22(26)17-5-7-18(8-6-17)23(30)28-20-9-12-27-13-10-20/h5-13,15-16,21-22H,3-4,14,26H2,1-2H3,(H,27,28,30). The Labute approximate surface area is 192 Å². The number of likely N-dealkylation sites (tertiary alicyclic amines) is 1. The number of nitrogens with one attached hydrogen (secondary N) is 1. The molecule has 0 spiro atoms. The van der Waals surface area contributed by atoms with Crippen LogP contribution in [0.2, 0.25) is 0 Å². The van der Waals surface area contributed by atoms with E-state index in [4.69, 9.17) is 5.73 Å². The van der Waals surface area contributed by atoms with Crippen molar-refractivity contribution >= 4 is 28.8 Å². The first-order valence-corrected chi connectivity index (χ1v) is 11.7. The van der Waals surface area contributed by atoms with Gasteiger partial charge in [-0.2, -0.15) is 11.3 Å². The van der Waals surface area contributed by atoms with Gasteiger partial charge in [-0.25, -0.2) is 0 Å². The highest BCUT2D eigenvalue weighted by molar-refractivity contribution is 7.08. The van der Waals surface area contributed by atoms with Crippen LogP contribution in [0.15, 0.2) is 65.6 Å². The van der Waals surface area contributed by atoms with Gasteiger partial charge in [0.25, 0.3) is 5.91 Å². The van der Waals surface area contributed by atoms with Crippen LogP contribution in [-0.2, 0) is 10.2 Å². The predicted octanol–water partition coefficient (Wildman–Crippen LogP) is 4.36. The lowest BCUT2D eigenvalue weighted by Gasteiger charge is -2.35. The molecule has 0 saturated carbocycles. The monoisotopic (exact) mass is 448 g/mol. The zero-order chi connectivity index (χ0) is 22.7. The summed E-state index contributed by atoms with van der Waals surface area (Å²) in [6.45, 7) is 4.68. The van der Waals surface area contributed by atoms with Crippen LogP contribution in [0.1, 0.15) is 54.2 Å². The summed E-state index contributed by atoms with van der Waals surface area (Å²) in [5.41, 5.74) is 9.26. The first-order valence-electron chi connectivity index (χ1n) is 10.8. The van der Waals surface area contributed by atoms with Gasteiger partial charge >= 0.3 is 0 Å². The van der Waals surface area contributed by atoms with Gasteiger partial charge in [-0.15, -0.1) is 0 Å². The Hall–Kier alpha value is -3.03. The number of rotatable bonds is 6. The molecule has 1 aliphatic heterocycles. The van der Waals surface area contributed by atoms with Gasteiger partial charge in [0.15, 0.2) is 0 Å². The molecular formula is C25H28N4O2S. The Kier molecular flexibility index (Phi) is 6.39. The molecule has 3 heterocycles. The highest BCUT2D eigenvalue weighted by atomic mass is 32.1. The average Bonchev–Trinajstić information content (AvgIpc) is 3.51. The number of amides is 2. The van der Waals surface area contributed by atoms with Gasteiger partial charge in [-0.1, -0.05) is 12.1 Å². The number of thiophene rings is 1. The molecule has 2 aromatic heterocycles. The van der Waals surface area contributed by atoms with E-state index >= 15 is 0 Å². The molecule has 0 bridgehead atoms. The van der Waals surface area contributed by atoms with Gasteiger partial charge in [-0.05, 0) is 78.9 Å². The third-order valence-electron chi connectivity index (χ3n) is 6.25. The van der Waals surface area contributed by atoms with E-state index < -0.39 is 5.41 Å². The lowest BCUT2D eigenvalue weighted by Crippen LogP contribution is -2.48. The molecule has 166 valence electrons. The summed E-state index contributed by atoms with van der Waals surface area (Å²) in [4.78, 5) is 31.8. The molecule has 1 fully saturated rings. The number of pyridine rings is 1. The number of hydrogen-bond donors (Lipinski definition) is 2. The Morgan fingerprint density at radius 1 is 1.16 bits per heavy atom. The molecule has 1 saturated heterocycles. The molecule has 4 rings (SSSR count). The molecule has 2 atom stereocenters. The zero-order valence-corrected chi connectivity index (χ0v) is 19.1. The number of anilines is 1. The van der Waals surface area contributed by atoms with E-state index in [1.54, 1.807) is 48.0 Å². The van der Waals surface area contributed by atoms with Gasteiger partial charge in [0.1, 0.15) is 0 Å². The van der Waals surface area contributed by atoms with Crippen molar-refractivity contribution in [2.45, 2.75) is 44.2 Å². The Balaban J connectivity index is 1.46. The number of hydrogen-bond acceptors (Lipinski definition) is 5. The third-order valence-corrected chi connectivity index (χ3v) is 6.93. The normalized spacial score (nSPS) is 17.2. The van der Waals surface area contributed by atoms with E-state index in [-0.39, 0.29) is 23.9 Å². The van der Waals surface area contributed by atoms with Crippen molar-refractivity contribution in [3.63, 3.8) is 0 Å². The molecule has 3 aromatic rings. The van der Waals surface area contributed by atoms with Crippen LogP contribution >= 0.6 is 11.3 Å². The third kappa shape index (κ3) is 4.45. The smallest absolute Gasteiger partial charge is 0.255 e. The molecule has 1 aliphatic rings. The second-order valence-corrected chi connectivity index (χ2v) is 9.46. The maximum Gasteiger partial charge on any atom is 0.255 e. The summed E-state index contributed by atoms with van der Waals surface area (Å²) in [6.07, 6.45) is 5.07. The highest BCUT2D eigenvalue weighted by Gasteiger charge is 2.41. The highest BCUT2D eigenvalue weighted by Crippen LogP contribution is 2.34. The van der Waals surface area contributed by atoms with Crippen molar-refractivity contribution in [2.75, 3.05) is 11.9 Å². The summed E-state index contributed by atoms with van der Waals surface area (Å²) < 4.78 is 0. The van der Waals surface area contributed by atoms with E-state index in [2.05, 4.69) is 10.3 Å². The Morgan fingerprint density at radius 3 is 2.53 bits per heavy atom. The summed E-state index contributed by atoms with van der Waals surface area (Å²) in [7, 11) is 0. The van der Waals surface area contributed by atoms with Gasteiger partial charge < -0.3 is 16.0 Å². The van der Waals surface area contributed by atoms with Crippen LogP contribution in [0.3, 0.4) is 0 Å². The van der Waals surface area contributed by atoms with Gasteiger partial charge in [0.05, 0.1) is 17.5 Å². The van der Waals surface area contributed by atoms with E-state index in [1.807, 2.05) is 47.7 Å². The Morgan fingerprint density at radius 2 is 1.88 bits per heavy atom. The minimum atomic E-state index is -0.586. The maximum atomic E-state index is 13.4. The molecule has 7 heteroatoms. The minimum absolute atomic E-state index is 0.0584. The molecule has 0 radical (unpaired) electrons. The van der Waals surface area contributed by atoms with Crippen molar-refractivity contribution in [3.8, 4) is 0 Å². The number of carbonyl (C=O) groups excluding carboxylic acids is 2. The van der Waals surface area contributed by atoms with Crippen LogP contribution in [-0.4, -0.2) is 34.3 Å². The zero-order valence-electron chi connectivity index (χ0n) is 18.3. The Bertz CT molecular complexity index is 1070. The number of benzene rings is 1. The number of nitrogens with two attached hydrogens (primary N) is 1. The number of nitrogens with zero attached hydrogens (tertiary/aromatic N) is 2. The summed E-state index contributed by atoms with van der Waals surface area (Å²) >= 11 is 1.60. The predicted molar refractivity (Wildman–Crippen MR) is 128 cm³/mol. The molecule has 3 N–H and O–H groups in total. The number of carbonyl (C=O) groups is 2. The first kappa shape index (κ1) is 22.2. The molecule has 0 aliphatic carbocycles. The first-order chi connectivity index (χ1) is 15.4. The van der Waals surface area contributed by atoms with E-state index in [0.717, 1.165) is 30.5 Å². The molecule has 2 unspecified atom stereocenters. The summed E-state index contributed by atoms with van der Waals surface area (Å²) in [5, 5.41) is 6.90. The summed E-state index contributed by atoms with van der Waals surface area (Å²) in [5.74, 6) is -0.0753. The lowest BCUT2D eigenvalue weighted by atomic mass is 9.84. The second-order valence-electron chi connectivity index (χ2n) is 8.68. The van der Waals surface area contributed by atoms with Crippen molar-refractivity contribution in [1.29, 1.82) is 0 Å². The van der Waals surface area contributed by atoms with Crippen LogP contribution < -0.4 is 11.1 Å². The molecule has 2 amide bonds. The van der Waals surface area contributed by atoms with Crippen LogP contribution in [0.25, 0.3) is 0 Å².